The highest BCUT2D eigenvalue weighted by Crippen LogP contribution is 2.26. The average Bonchev–Trinajstić information content (AvgIpc) is 2.77. The molecule has 1 saturated heterocycles. The fourth-order valence-corrected chi connectivity index (χ4v) is 4.13. The first kappa shape index (κ1) is 13.8. The maximum Gasteiger partial charge on any atom is 0.152 e. The Hall–Kier alpha value is -1.58. The van der Waals surface area contributed by atoms with Crippen molar-refractivity contribution in [2.75, 3.05) is 23.5 Å². The number of aliphatic hydroxyl groups excluding tert-OH is 1. The van der Waals surface area contributed by atoms with E-state index in [0.717, 1.165) is 0 Å². The number of rotatable bonds is 3. The molecule has 1 aliphatic heterocycles. The number of hydrogen-bond acceptors (Lipinski definition) is 5. The minimum absolute atomic E-state index is 0.0860. The Morgan fingerprint density at radius 2 is 2.26 bits per heavy atom. The summed E-state index contributed by atoms with van der Waals surface area (Å²) in [6.07, 6.45) is 0.589. The standard InChI is InChI=1S/C13H16N2O3S/c1-15(12-4-5-19(17,18)9-12)13-3-2-10(8-16)6-11(13)7-14/h2-3,6,12,16H,4-5,8-9H2,1H3. The summed E-state index contributed by atoms with van der Waals surface area (Å²) in [5, 5.41) is 18.2. The van der Waals surface area contributed by atoms with Crippen LogP contribution in [-0.4, -0.2) is 38.1 Å². The third-order valence-electron chi connectivity index (χ3n) is 3.50. The number of anilines is 1. The molecule has 0 aromatic heterocycles. The van der Waals surface area contributed by atoms with Crippen LogP contribution in [0.4, 0.5) is 5.69 Å². The minimum Gasteiger partial charge on any atom is -0.392 e. The highest BCUT2D eigenvalue weighted by atomic mass is 32.2. The van der Waals surface area contributed by atoms with Gasteiger partial charge in [-0.25, -0.2) is 8.42 Å². The van der Waals surface area contributed by atoms with Gasteiger partial charge in [-0.1, -0.05) is 6.07 Å². The summed E-state index contributed by atoms with van der Waals surface area (Å²) < 4.78 is 23.0. The lowest BCUT2D eigenvalue weighted by Crippen LogP contribution is -2.33. The van der Waals surface area contributed by atoms with Crippen LogP contribution in [-0.2, 0) is 16.4 Å². The number of sulfone groups is 1. The van der Waals surface area contributed by atoms with Gasteiger partial charge in [0.2, 0.25) is 0 Å². The summed E-state index contributed by atoms with van der Waals surface area (Å²) >= 11 is 0. The monoisotopic (exact) mass is 280 g/mol. The topological polar surface area (TPSA) is 81.4 Å². The predicted octanol–water partition coefficient (Wildman–Crippen LogP) is 0.674. The lowest BCUT2D eigenvalue weighted by atomic mass is 10.1. The Bertz CT molecular complexity index is 619. The van der Waals surface area contributed by atoms with Crippen LogP contribution in [0, 0.1) is 11.3 Å². The van der Waals surface area contributed by atoms with Crippen molar-refractivity contribution in [3.63, 3.8) is 0 Å². The summed E-state index contributed by atoms with van der Waals surface area (Å²) in [5.41, 5.74) is 1.84. The van der Waals surface area contributed by atoms with Crippen molar-refractivity contribution in [3.05, 3.63) is 29.3 Å². The van der Waals surface area contributed by atoms with Gasteiger partial charge in [0.25, 0.3) is 0 Å². The van der Waals surface area contributed by atoms with Crippen molar-refractivity contribution in [1.29, 1.82) is 5.26 Å². The molecule has 1 unspecified atom stereocenters. The molecule has 1 atom stereocenters. The van der Waals surface area contributed by atoms with Crippen LogP contribution in [0.3, 0.4) is 0 Å². The fourth-order valence-electron chi connectivity index (χ4n) is 2.36. The van der Waals surface area contributed by atoms with Crippen molar-refractivity contribution in [2.24, 2.45) is 0 Å². The maximum atomic E-state index is 11.5. The van der Waals surface area contributed by atoms with E-state index in [0.29, 0.717) is 23.2 Å². The van der Waals surface area contributed by atoms with Gasteiger partial charge in [-0.15, -0.1) is 0 Å². The van der Waals surface area contributed by atoms with Gasteiger partial charge >= 0.3 is 0 Å². The van der Waals surface area contributed by atoms with Crippen molar-refractivity contribution in [1.82, 2.24) is 0 Å². The molecular weight excluding hydrogens is 264 g/mol. The molecular formula is C13H16N2O3S. The second-order valence-corrected chi connectivity index (χ2v) is 7.02. The summed E-state index contributed by atoms with van der Waals surface area (Å²) in [7, 11) is -1.14. The van der Waals surface area contributed by atoms with E-state index in [-0.39, 0.29) is 24.2 Å². The molecule has 0 saturated carbocycles. The van der Waals surface area contributed by atoms with Gasteiger partial charge in [-0.2, -0.15) is 5.26 Å². The lowest BCUT2D eigenvalue weighted by Gasteiger charge is -2.26. The molecule has 0 amide bonds. The molecule has 19 heavy (non-hydrogen) atoms. The SMILES string of the molecule is CN(c1ccc(CO)cc1C#N)C1CCS(=O)(=O)C1. The second-order valence-electron chi connectivity index (χ2n) is 4.79. The predicted molar refractivity (Wildman–Crippen MR) is 72.5 cm³/mol. The van der Waals surface area contributed by atoms with E-state index >= 15 is 0 Å². The Morgan fingerprint density at radius 1 is 1.53 bits per heavy atom. The van der Waals surface area contributed by atoms with Crippen LogP contribution in [0.1, 0.15) is 17.5 Å². The second kappa shape index (κ2) is 5.19. The van der Waals surface area contributed by atoms with Gasteiger partial charge < -0.3 is 10.0 Å². The van der Waals surface area contributed by atoms with Crippen molar-refractivity contribution in [2.45, 2.75) is 19.1 Å². The first-order chi connectivity index (χ1) is 8.96. The first-order valence-electron chi connectivity index (χ1n) is 6.04. The van der Waals surface area contributed by atoms with Gasteiger partial charge in [-0.05, 0) is 24.1 Å². The molecule has 1 aliphatic rings. The molecule has 1 aromatic carbocycles. The van der Waals surface area contributed by atoms with E-state index in [4.69, 9.17) is 10.4 Å². The fraction of sp³-hybridized carbons (Fsp3) is 0.462. The molecule has 1 heterocycles. The van der Waals surface area contributed by atoms with Crippen LogP contribution in [0.25, 0.3) is 0 Å². The lowest BCUT2D eigenvalue weighted by molar-refractivity contribution is 0.282. The molecule has 1 fully saturated rings. The molecule has 0 spiro atoms. The molecule has 2 rings (SSSR count). The van der Waals surface area contributed by atoms with Crippen LogP contribution in [0.5, 0.6) is 0 Å². The zero-order valence-corrected chi connectivity index (χ0v) is 11.5. The van der Waals surface area contributed by atoms with Crippen LogP contribution >= 0.6 is 0 Å². The van der Waals surface area contributed by atoms with Crippen LogP contribution in [0.15, 0.2) is 18.2 Å². The van der Waals surface area contributed by atoms with Gasteiger partial charge in [0.1, 0.15) is 6.07 Å². The van der Waals surface area contributed by atoms with Gasteiger partial charge in [-0.3, -0.25) is 0 Å². The normalized spacial score (nSPS) is 21.0. The Balaban J connectivity index is 2.29. The van der Waals surface area contributed by atoms with Crippen molar-refractivity contribution >= 4 is 15.5 Å². The number of nitrogens with zero attached hydrogens (tertiary/aromatic N) is 2. The highest BCUT2D eigenvalue weighted by Gasteiger charge is 2.31. The van der Waals surface area contributed by atoms with Crippen LogP contribution < -0.4 is 4.90 Å². The van der Waals surface area contributed by atoms with E-state index in [1.54, 1.807) is 25.2 Å². The number of benzene rings is 1. The maximum absolute atomic E-state index is 11.5. The summed E-state index contributed by atoms with van der Waals surface area (Å²) in [6.45, 7) is -0.115. The van der Waals surface area contributed by atoms with E-state index in [2.05, 4.69) is 6.07 Å². The zero-order valence-electron chi connectivity index (χ0n) is 10.7. The van der Waals surface area contributed by atoms with E-state index in [1.807, 2.05) is 4.90 Å². The van der Waals surface area contributed by atoms with Crippen molar-refractivity contribution < 1.29 is 13.5 Å². The molecule has 1 aromatic rings. The molecule has 0 aliphatic carbocycles. The Morgan fingerprint density at radius 3 is 2.79 bits per heavy atom. The third kappa shape index (κ3) is 2.88. The molecule has 0 radical (unpaired) electrons. The van der Waals surface area contributed by atoms with Crippen LogP contribution in [0.2, 0.25) is 0 Å². The summed E-state index contributed by atoms with van der Waals surface area (Å²) in [6, 6.07) is 7.15. The van der Waals surface area contributed by atoms with Gasteiger partial charge in [0.15, 0.2) is 9.84 Å². The quantitative estimate of drug-likeness (QED) is 0.880. The molecule has 102 valence electrons. The smallest absolute Gasteiger partial charge is 0.152 e. The largest absolute Gasteiger partial charge is 0.392 e. The molecule has 6 heteroatoms. The Labute approximate surface area is 113 Å². The minimum atomic E-state index is -2.95. The molecule has 0 bridgehead atoms. The number of nitriles is 1. The van der Waals surface area contributed by atoms with E-state index in [9.17, 15) is 8.42 Å². The van der Waals surface area contributed by atoms with Gasteiger partial charge in [0, 0.05) is 13.1 Å². The molecule has 1 N–H and O–H groups in total. The summed E-state index contributed by atoms with van der Waals surface area (Å²) in [4.78, 5) is 1.85. The average molecular weight is 280 g/mol. The molecule has 5 nitrogen and oxygen atoms in total. The zero-order chi connectivity index (χ0) is 14.0. The third-order valence-corrected chi connectivity index (χ3v) is 5.25. The number of hydrogen-bond donors (Lipinski definition) is 1. The van der Waals surface area contributed by atoms with E-state index < -0.39 is 9.84 Å². The summed E-state index contributed by atoms with van der Waals surface area (Å²) in [5.74, 6) is 0.342. The first-order valence-corrected chi connectivity index (χ1v) is 7.86. The van der Waals surface area contributed by atoms with Crippen molar-refractivity contribution in [3.8, 4) is 6.07 Å². The van der Waals surface area contributed by atoms with Gasteiger partial charge in [0.05, 0.1) is 29.4 Å². The number of aliphatic hydroxyl groups is 1. The van der Waals surface area contributed by atoms with E-state index in [1.165, 1.54) is 0 Å². The Kier molecular flexibility index (Phi) is 3.78. The highest BCUT2D eigenvalue weighted by molar-refractivity contribution is 7.91.